The van der Waals surface area contributed by atoms with Crippen molar-refractivity contribution in [2.75, 3.05) is 0 Å². The van der Waals surface area contributed by atoms with Crippen molar-refractivity contribution >= 4 is 19.3 Å². The molecule has 0 amide bonds. The van der Waals surface area contributed by atoms with Crippen molar-refractivity contribution < 1.29 is 54.0 Å². The summed E-state index contributed by atoms with van der Waals surface area (Å²) in [6, 6.07) is 18.5. The first-order chi connectivity index (χ1) is 17.3. The molecular weight excluding hydrogens is 603 g/mol. The maximum atomic E-state index is 5.78. The fourth-order valence-corrected chi connectivity index (χ4v) is 12.5. The molecule has 8 rings (SSSR count). The zero-order valence-corrected chi connectivity index (χ0v) is 28.1. The molecule has 3 aromatic rings. The van der Waals surface area contributed by atoms with Crippen LogP contribution in [-0.2, 0) is 24.7 Å². The summed E-state index contributed by atoms with van der Waals surface area (Å²) in [5, 5.41) is 1.67. The van der Waals surface area contributed by atoms with Gasteiger partial charge in [-0.1, -0.05) is 18.7 Å². The van der Waals surface area contributed by atoms with Gasteiger partial charge >= 0.3 is 155 Å². The van der Waals surface area contributed by atoms with Crippen LogP contribution in [0.2, 0.25) is 13.1 Å². The number of furan rings is 1. The second kappa shape index (κ2) is 11.4. The average molecular weight is 640 g/mol. The summed E-state index contributed by atoms with van der Waals surface area (Å²) in [5.41, 5.74) is 12.5. The fraction of sp³-hybridized carbons (Fsp3) is 0.394. The number of hydrogen-bond acceptors (Lipinski definition) is 1. The van der Waals surface area contributed by atoms with Crippen LogP contribution in [0.25, 0.3) is 22.4 Å². The Labute approximate surface area is 257 Å². The van der Waals surface area contributed by atoms with Crippen LogP contribution in [0.1, 0.15) is 94.8 Å². The molecule has 0 spiro atoms. The summed E-state index contributed by atoms with van der Waals surface area (Å²) in [5.74, 6) is 3.15. The van der Waals surface area contributed by atoms with E-state index in [1.807, 2.05) is 6.92 Å². The van der Waals surface area contributed by atoms with Crippen LogP contribution in [-0.4, -0.2) is 8.07 Å². The molecular formula is C33H37Cl2OSiZr. The Morgan fingerprint density at radius 2 is 1.55 bits per heavy atom. The second-order valence-electron chi connectivity index (χ2n) is 11.9. The van der Waals surface area contributed by atoms with E-state index in [2.05, 4.69) is 81.5 Å². The molecule has 2 aromatic carbocycles. The molecule has 2 aliphatic heterocycles. The summed E-state index contributed by atoms with van der Waals surface area (Å²) >= 11 is 1.60. The summed E-state index contributed by atoms with van der Waals surface area (Å²) in [6.45, 7) is 11.5. The van der Waals surface area contributed by atoms with Gasteiger partial charge in [0, 0.05) is 11.1 Å². The van der Waals surface area contributed by atoms with Gasteiger partial charge in [0.1, 0.15) is 11.5 Å². The van der Waals surface area contributed by atoms with Crippen LogP contribution in [0.4, 0.5) is 0 Å². The molecule has 5 heteroatoms. The van der Waals surface area contributed by atoms with Crippen LogP contribution in [0.3, 0.4) is 0 Å². The van der Waals surface area contributed by atoms with Gasteiger partial charge in [0.15, 0.2) is 0 Å². The predicted molar refractivity (Wildman–Crippen MR) is 150 cm³/mol. The molecule has 2 unspecified atom stereocenters. The Morgan fingerprint density at radius 1 is 0.868 bits per heavy atom. The minimum absolute atomic E-state index is 0. The monoisotopic (exact) mass is 637 g/mol. The Bertz CT molecular complexity index is 1390. The molecule has 0 saturated heterocycles. The van der Waals surface area contributed by atoms with E-state index < -0.39 is 8.07 Å². The maximum Gasteiger partial charge on any atom is -1.00 e. The van der Waals surface area contributed by atoms with Crippen molar-refractivity contribution in [3.63, 3.8) is 0 Å². The fourth-order valence-electron chi connectivity index (χ4n) is 7.46. The van der Waals surface area contributed by atoms with Gasteiger partial charge in [-0.3, -0.25) is 0 Å². The summed E-state index contributed by atoms with van der Waals surface area (Å²) in [4.78, 5) is 0. The van der Waals surface area contributed by atoms with Crippen LogP contribution in [0.5, 0.6) is 0 Å². The molecule has 1 saturated carbocycles. The van der Waals surface area contributed by atoms with E-state index in [9.17, 15) is 0 Å². The van der Waals surface area contributed by atoms with Gasteiger partial charge in [-0.15, -0.1) is 0 Å². The molecule has 3 aliphatic carbocycles. The minimum atomic E-state index is -1.10. The quantitative estimate of drug-likeness (QED) is 0.391. The third kappa shape index (κ3) is 4.85. The van der Waals surface area contributed by atoms with E-state index in [0.717, 1.165) is 11.7 Å². The first-order valence-electron chi connectivity index (χ1n) is 13.7. The van der Waals surface area contributed by atoms with E-state index in [1.165, 1.54) is 71.3 Å². The molecule has 0 N–H and O–H groups in total. The van der Waals surface area contributed by atoms with Crippen molar-refractivity contribution in [2.24, 2.45) is 0 Å². The number of halogens is 2. The Kier molecular flexibility index (Phi) is 8.96. The zero-order chi connectivity index (χ0) is 25.2. The Hall–Kier alpha value is -1.12. The zero-order valence-electron chi connectivity index (χ0n) is 23.1. The number of rotatable bonds is 2. The average Bonchev–Trinajstić information content (AvgIpc) is 3.53. The van der Waals surface area contributed by atoms with Crippen LogP contribution >= 0.6 is 0 Å². The van der Waals surface area contributed by atoms with Gasteiger partial charge in [-0.05, 0) is 25.1 Å². The first kappa shape index (κ1) is 29.9. The molecule has 2 atom stereocenters. The predicted octanol–water partition coefficient (Wildman–Crippen LogP) is 3.67. The topological polar surface area (TPSA) is 13.1 Å². The third-order valence-electron chi connectivity index (χ3n) is 9.19. The van der Waals surface area contributed by atoms with Gasteiger partial charge in [0.05, 0.1) is 8.07 Å². The molecule has 2 bridgehead atoms. The van der Waals surface area contributed by atoms with Crippen molar-refractivity contribution in [1.82, 2.24) is 0 Å². The van der Waals surface area contributed by atoms with Crippen molar-refractivity contribution in [3.8, 4) is 11.1 Å². The number of aryl methyl sites for hydroxylation is 1. The van der Waals surface area contributed by atoms with Gasteiger partial charge < -0.3 is 29.2 Å². The molecule has 0 radical (unpaired) electrons. The molecule has 1 fully saturated rings. The summed E-state index contributed by atoms with van der Waals surface area (Å²) < 4.78 is 6.43. The van der Waals surface area contributed by atoms with E-state index >= 15 is 0 Å². The van der Waals surface area contributed by atoms with E-state index in [4.69, 9.17) is 4.42 Å². The van der Waals surface area contributed by atoms with Crippen molar-refractivity contribution in [2.45, 2.75) is 81.1 Å². The van der Waals surface area contributed by atoms with Gasteiger partial charge in [0.25, 0.3) is 0 Å². The molecule has 38 heavy (non-hydrogen) atoms. The maximum absolute atomic E-state index is 5.78. The minimum Gasteiger partial charge on any atom is -1.00 e. The Morgan fingerprint density at radius 3 is 2.18 bits per heavy atom. The van der Waals surface area contributed by atoms with E-state index in [1.54, 1.807) is 41.1 Å². The number of hydrogen-bond donors (Lipinski definition) is 0. The standard InChI is InChI=1S/C22H23.C11H14OSi.2ClH.Zr/c1-16-14-20-8-5-9-21(22(20)15-16)19-12-10-18(11-13-19)17-6-3-2-4-7-17;1-6-5-8-9(12-6)11-7(2)10(8)13(11,3)4;;;/h5,8-15,17H,2-4,6-7H2,1H3;5,11H,1-4H3;2*1H;/q;;;;+2/p-2. The second-order valence-corrected chi connectivity index (χ2v) is 17.9. The van der Waals surface area contributed by atoms with Crippen LogP contribution < -0.4 is 24.8 Å². The molecule has 1 aromatic heterocycles. The van der Waals surface area contributed by atoms with Gasteiger partial charge in [0.2, 0.25) is 0 Å². The first-order valence-corrected chi connectivity index (χ1v) is 18.2. The van der Waals surface area contributed by atoms with Crippen molar-refractivity contribution in [3.05, 3.63) is 93.5 Å². The SMILES string of the molecule is CC1=C2c3cc(C)oc3C1[Si]2(C)C.CC1=Cc2c(-c3ccc(C4CCCCC4)cc3)cccc2[CH]1[Zr+2].[Cl-].[Cl-]. The van der Waals surface area contributed by atoms with Crippen LogP contribution in [0.15, 0.2) is 64.1 Å². The van der Waals surface area contributed by atoms with Gasteiger partial charge in [-0.2, -0.15) is 0 Å². The summed E-state index contributed by atoms with van der Waals surface area (Å²) in [7, 11) is -1.10. The molecule has 3 heterocycles. The van der Waals surface area contributed by atoms with Gasteiger partial charge in [-0.25, -0.2) is 0 Å². The number of benzene rings is 2. The third-order valence-corrected chi connectivity index (χ3v) is 15.2. The molecule has 5 aliphatic rings. The Balaban J connectivity index is 0.000000191. The van der Waals surface area contributed by atoms with Crippen molar-refractivity contribution in [1.29, 1.82) is 0 Å². The smallest absolute Gasteiger partial charge is 1.00 e. The number of fused-ring (bicyclic) bond motifs is 1. The van der Waals surface area contributed by atoms with E-state index in [0.29, 0.717) is 9.17 Å². The molecule has 1 nitrogen and oxygen atoms in total. The summed E-state index contributed by atoms with van der Waals surface area (Å²) in [6.07, 6.45) is 9.40. The largest absolute Gasteiger partial charge is 1.00 e. The van der Waals surface area contributed by atoms with E-state index in [-0.39, 0.29) is 24.8 Å². The van der Waals surface area contributed by atoms with Crippen LogP contribution in [0, 0.1) is 6.92 Å². The molecule has 197 valence electrons. The normalized spacial score (nSPS) is 22.2. The number of allylic oxidation sites excluding steroid dienone is 2.